The highest BCUT2D eigenvalue weighted by Crippen LogP contribution is 2.25. The zero-order valence-electron chi connectivity index (χ0n) is 9.41. The molecule has 7 heteroatoms. The van der Waals surface area contributed by atoms with E-state index in [9.17, 15) is 17.2 Å². The zero-order chi connectivity index (χ0) is 13.2. The average molecular weight is 265 g/mol. The minimum absolute atomic E-state index is 0.00954. The first-order valence-electron chi connectivity index (χ1n) is 4.71. The standard InChI is InChI=1S/C10H13F2NO3S/c1-16-6-3-7(11)10(8(12)4-6)9(13)5-17(2,14)15/h3-4,9H,5,13H2,1-2H3. The van der Waals surface area contributed by atoms with Crippen molar-refractivity contribution in [3.63, 3.8) is 0 Å². The summed E-state index contributed by atoms with van der Waals surface area (Å²) in [6, 6.07) is 0.678. The zero-order valence-corrected chi connectivity index (χ0v) is 10.2. The first kappa shape index (κ1) is 13.9. The predicted octanol–water partition coefficient (Wildman–Crippen LogP) is 1.02. The maximum absolute atomic E-state index is 13.5. The molecule has 0 heterocycles. The molecule has 1 aromatic carbocycles. The van der Waals surface area contributed by atoms with Gasteiger partial charge in [-0.05, 0) is 0 Å². The van der Waals surface area contributed by atoms with E-state index in [1.54, 1.807) is 0 Å². The summed E-state index contributed by atoms with van der Waals surface area (Å²) in [4.78, 5) is 0. The summed E-state index contributed by atoms with van der Waals surface area (Å²) < 4.78 is 53.8. The van der Waals surface area contributed by atoms with Gasteiger partial charge in [-0.25, -0.2) is 17.2 Å². The molecular formula is C10H13F2NO3S. The number of rotatable bonds is 4. The van der Waals surface area contributed by atoms with E-state index in [4.69, 9.17) is 5.73 Å². The van der Waals surface area contributed by atoms with Gasteiger partial charge in [-0.2, -0.15) is 0 Å². The molecule has 0 amide bonds. The number of hydrogen-bond acceptors (Lipinski definition) is 4. The minimum atomic E-state index is -3.41. The molecule has 0 saturated carbocycles. The highest BCUT2D eigenvalue weighted by molar-refractivity contribution is 7.90. The SMILES string of the molecule is COc1cc(F)c(C(N)CS(C)(=O)=O)c(F)c1. The van der Waals surface area contributed by atoms with Crippen molar-refractivity contribution in [3.8, 4) is 5.75 Å². The van der Waals surface area contributed by atoms with Crippen LogP contribution in [0.3, 0.4) is 0 Å². The molecule has 1 rings (SSSR count). The summed E-state index contributed by atoms with van der Waals surface area (Å²) in [5, 5.41) is 0. The van der Waals surface area contributed by atoms with Crippen LogP contribution in [0.2, 0.25) is 0 Å². The average Bonchev–Trinajstić information content (AvgIpc) is 2.13. The molecule has 2 N–H and O–H groups in total. The maximum Gasteiger partial charge on any atom is 0.149 e. The third-order valence-corrected chi connectivity index (χ3v) is 3.11. The molecule has 1 unspecified atom stereocenters. The number of sulfone groups is 1. The Morgan fingerprint density at radius 3 is 2.18 bits per heavy atom. The van der Waals surface area contributed by atoms with Crippen LogP contribution < -0.4 is 10.5 Å². The Morgan fingerprint density at radius 2 is 1.82 bits per heavy atom. The molecule has 1 aromatic rings. The molecule has 1 atom stereocenters. The smallest absolute Gasteiger partial charge is 0.149 e. The molecule has 0 radical (unpaired) electrons. The monoisotopic (exact) mass is 265 g/mol. The lowest BCUT2D eigenvalue weighted by Crippen LogP contribution is -2.23. The predicted molar refractivity (Wildman–Crippen MR) is 59.5 cm³/mol. The molecule has 0 fully saturated rings. The van der Waals surface area contributed by atoms with Crippen LogP contribution in [0.4, 0.5) is 8.78 Å². The molecular weight excluding hydrogens is 252 g/mol. The lowest BCUT2D eigenvalue weighted by atomic mass is 10.1. The molecule has 0 aliphatic rings. The van der Waals surface area contributed by atoms with Crippen LogP contribution in [-0.2, 0) is 9.84 Å². The third-order valence-electron chi connectivity index (χ3n) is 2.14. The maximum atomic E-state index is 13.5. The van der Waals surface area contributed by atoms with E-state index < -0.39 is 38.8 Å². The van der Waals surface area contributed by atoms with Crippen LogP contribution in [0.15, 0.2) is 12.1 Å². The Labute approximate surface area is 98.3 Å². The normalized spacial score (nSPS) is 13.5. The summed E-state index contributed by atoms with van der Waals surface area (Å²) in [6.45, 7) is 0. The topological polar surface area (TPSA) is 69.4 Å². The Balaban J connectivity index is 3.14. The van der Waals surface area contributed by atoms with E-state index in [0.717, 1.165) is 18.4 Å². The van der Waals surface area contributed by atoms with Gasteiger partial charge in [0.2, 0.25) is 0 Å². The Bertz CT molecular complexity index is 493. The van der Waals surface area contributed by atoms with E-state index >= 15 is 0 Å². The van der Waals surface area contributed by atoms with E-state index in [1.807, 2.05) is 0 Å². The molecule has 96 valence electrons. The van der Waals surface area contributed by atoms with Gasteiger partial charge in [-0.15, -0.1) is 0 Å². The van der Waals surface area contributed by atoms with Gasteiger partial charge >= 0.3 is 0 Å². The van der Waals surface area contributed by atoms with Gasteiger partial charge in [0.05, 0.1) is 12.9 Å². The van der Waals surface area contributed by atoms with Crippen molar-refractivity contribution in [2.75, 3.05) is 19.1 Å². The highest BCUT2D eigenvalue weighted by atomic mass is 32.2. The number of nitrogens with two attached hydrogens (primary N) is 1. The number of ether oxygens (including phenoxy) is 1. The largest absolute Gasteiger partial charge is 0.497 e. The summed E-state index contributed by atoms with van der Waals surface area (Å²) in [5.74, 6) is -2.35. The van der Waals surface area contributed by atoms with E-state index in [1.165, 1.54) is 7.11 Å². The molecule has 0 spiro atoms. The second-order valence-electron chi connectivity index (χ2n) is 3.70. The molecule has 17 heavy (non-hydrogen) atoms. The number of methoxy groups -OCH3 is 1. The molecule has 0 aliphatic heterocycles. The summed E-state index contributed by atoms with van der Waals surface area (Å²) in [5.41, 5.74) is 5.03. The minimum Gasteiger partial charge on any atom is -0.497 e. The van der Waals surface area contributed by atoms with Gasteiger partial charge in [0.1, 0.15) is 27.2 Å². The number of hydrogen-bond donors (Lipinski definition) is 1. The van der Waals surface area contributed by atoms with Crippen molar-refractivity contribution >= 4 is 9.84 Å². The van der Waals surface area contributed by atoms with Crippen molar-refractivity contribution in [1.29, 1.82) is 0 Å². The summed E-state index contributed by atoms with van der Waals surface area (Å²) in [7, 11) is -2.14. The third kappa shape index (κ3) is 3.64. The molecule has 0 aliphatic carbocycles. The molecule has 0 saturated heterocycles. The number of halogens is 2. The van der Waals surface area contributed by atoms with Crippen LogP contribution in [0.5, 0.6) is 5.75 Å². The van der Waals surface area contributed by atoms with Crippen molar-refractivity contribution in [2.24, 2.45) is 5.73 Å². The van der Waals surface area contributed by atoms with Gasteiger partial charge in [0.25, 0.3) is 0 Å². The van der Waals surface area contributed by atoms with Crippen LogP contribution in [0.1, 0.15) is 11.6 Å². The van der Waals surface area contributed by atoms with Crippen LogP contribution in [0, 0.1) is 11.6 Å². The number of benzene rings is 1. The fraction of sp³-hybridized carbons (Fsp3) is 0.400. The van der Waals surface area contributed by atoms with Gasteiger partial charge in [-0.3, -0.25) is 0 Å². The van der Waals surface area contributed by atoms with E-state index in [2.05, 4.69) is 4.74 Å². The summed E-state index contributed by atoms with van der Waals surface area (Å²) in [6.07, 6.45) is 0.951. The second-order valence-corrected chi connectivity index (χ2v) is 5.89. The van der Waals surface area contributed by atoms with Gasteiger partial charge < -0.3 is 10.5 Å². The van der Waals surface area contributed by atoms with Crippen LogP contribution in [0.25, 0.3) is 0 Å². The lowest BCUT2D eigenvalue weighted by Gasteiger charge is -2.13. The van der Waals surface area contributed by atoms with E-state index in [-0.39, 0.29) is 5.75 Å². The van der Waals surface area contributed by atoms with Crippen molar-refractivity contribution in [3.05, 3.63) is 29.3 Å². The fourth-order valence-corrected chi connectivity index (χ4v) is 2.26. The highest BCUT2D eigenvalue weighted by Gasteiger charge is 2.21. The fourth-order valence-electron chi connectivity index (χ4n) is 1.44. The Hall–Kier alpha value is -1.21. The first-order valence-corrected chi connectivity index (χ1v) is 6.77. The Kier molecular flexibility index (Phi) is 4.05. The quantitative estimate of drug-likeness (QED) is 0.882. The van der Waals surface area contributed by atoms with Gasteiger partial charge in [-0.1, -0.05) is 0 Å². The van der Waals surface area contributed by atoms with Crippen molar-refractivity contribution < 1.29 is 21.9 Å². The van der Waals surface area contributed by atoms with Crippen molar-refractivity contribution in [2.45, 2.75) is 6.04 Å². The summed E-state index contributed by atoms with van der Waals surface area (Å²) >= 11 is 0. The van der Waals surface area contributed by atoms with Gasteiger partial charge in [0, 0.05) is 30.0 Å². The van der Waals surface area contributed by atoms with E-state index in [0.29, 0.717) is 0 Å². The second kappa shape index (κ2) is 4.97. The first-order chi connectivity index (χ1) is 7.74. The molecule has 4 nitrogen and oxygen atoms in total. The molecule has 0 bridgehead atoms. The van der Waals surface area contributed by atoms with Crippen LogP contribution in [-0.4, -0.2) is 27.5 Å². The Morgan fingerprint density at radius 1 is 1.35 bits per heavy atom. The van der Waals surface area contributed by atoms with Gasteiger partial charge in [0.15, 0.2) is 0 Å². The van der Waals surface area contributed by atoms with Crippen LogP contribution >= 0.6 is 0 Å². The van der Waals surface area contributed by atoms with Crippen molar-refractivity contribution in [1.82, 2.24) is 0 Å². The lowest BCUT2D eigenvalue weighted by molar-refractivity contribution is 0.404. The molecule has 0 aromatic heterocycles.